The molecule has 10 heavy (non-hydrogen) atoms. The number of nitrogens with zero attached hydrogens (tertiary/aromatic N) is 2. The molecule has 0 aromatic carbocycles. The van der Waals surface area contributed by atoms with Gasteiger partial charge in [0, 0.05) is 6.54 Å². The molecule has 1 aliphatic rings. The van der Waals surface area contributed by atoms with Gasteiger partial charge < -0.3 is 5.73 Å². The molecule has 0 saturated heterocycles. The maximum atomic E-state index is 5.77. The lowest BCUT2D eigenvalue weighted by molar-refractivity contribution is 0.650. The summed E-state index contributed by atoms with van der Waals surface area (Å²) < 4.78 is 2.02. The van der Waals surface area contributed by atoms with Crippen LogP contribution in [0.5, 0.6) is 0 Å². The highest BCUT2D eigenvalue weighted by molar-refractivity contribution is 5.48. The first-order valence-corrected chi connectivity index (χ1v) is 3.61. The van der Waals surface area contributed by atoms with Crippen LogP contribution in [0.1, 0.15) is 17.8 Å². The minimum atomic E-state index is 0.900. The van der Waals surface area contributed by atoms with Gasteiger partial charge in [0.2, 0.25) is 0 Å². The zero-order valence-electron chi connectivity index (χ0n) is 6.09. The van der Waals surface area contributed by atoms with Gasteiger partial charge in [0.05, 0.1) is 17.1 Å². The minimum absolute atomic E-state index is 0.900. The Balaban J connectivity index is 2.59. The summed E-state index contributed by atoms with van der Waals surface area (Å²) >= 11 is 0. The molecule has 2 heterocycles. The Morgan fingerprint density at radius 1 is 1.60 bits per heavy atom. The molecule has 1 aromatic heterocycles. The zero-order valence-corrected chi connectivity index (χ0v) is 6.09. The lowest BCUT2D eigenvalue weighted by Gasteiger charge is -1.90. The van der Waals surface area contributed by atoms with Crippen LogP contribution in [0.15, 0.2) is 0 Å². The van der Waals surface area contributed by atoms with Crippen LogP contribution in [0.2, 0.25) is 0 Å². The van der Waals surface area contributed by atoms with Crippen LogP contribution in [-0.4, -0.2) is 9.78 Å². The Morgan fingerprint density at radius 2 is 2.40 bits per heavy atom. The minimum Gasteiger partial charge on any atom is -0.396 e. The Kier molecular flexibility index (Phi) is 1.01. The molecule has 2 rings (SSSR count). The highest BCUT2D eigenvalue weighted by Crippen LogP contribution is 2.22. The van der Waals surface area contributed by atoms with E-state index in [-0.39, 0.29) is 0 Å². The lowest BCUT2D eigenvalue weighted by Crippen LogP contribution is -1.94. The molecule has 0 aliphatic carbocycles. The van der Waals surface area contributed by atoms with Gasteiger partial charge in [-0.1, -0.05) is 0 Å². The molecule has 0 amide bonds. The molecule has 0 bridgehead atoms. The normalized spacial score (nSPS) is 15.7. The predicted octanol–water partition coefficient (Wildman–Crippen LogP) is 0.720. The van der Waals surface area contributed by atoms with Crippen molar-refractivity contribution in [3.8, 4) is 0 Å². The summed E-state index contributed by atoms with van der Waals surface area (Å²) in [5.41, 5.74) is 8.89. The average molecular weight is 137 g/mol. The van der Waals surface area contributed by atoms with Crippen LogP contribution in [0.25, 0.3) is 0 Å². The fraction of sp³-hybridized carbons (Fsp3) is 0.571. The number of hydrogen-bond donors (Lipinski definition) is 1. The van der Waals surface area contributed by atoms with Crippen molar-refractivity contribution < 1.29 is 0 Å². The van der Waals surface area contributed by atoms with Crippen LogP contribution in [0.4, 0.5) is 5.69 Å². The van der Waals surface area contributed by atoms with Gasteiger partial charge in [-0.05, 0) is 19.8 Å². The number of hydrogen-bond acceptors (Lipinski definition) is 2. The van der Waals surface area contributed by atoms with Gasteiger partial charge >= 0.3 is 0 Å². The Bertz CT molecular complexity index is 262. The van der Waals surface area contributed by atoms with E-state index < -0.39 is 0 Å². The fourth-order valence-electron chi connectivity index (χ4n) is 1.49. The largest absolute Gasteiger partial charge is 0.396 e. The molecule has 54 valence electrons. The summed E-state index contributed by atoms with van der Waals surface area (Å²) in [7, 11) is 0. The van der Waals surface area contributed by atoms with E-state index in [0.29, 0.717) is 0 Å². The molecule has 3 heteroatoms. The smallest absolute Gasteiger partial charge is 0.0826 e. The number of fused-ring (bicyclic) bond motifs is 1. The van der Waals surface area contributed by atoms with Crippen LogP contribution in [0.3, 0.4) is 0 Å². The van der Waals surface area contributed by atoms with Crippen molar-refractivity contribution in [2.45, 2.75) is 26.3 Å². The third-order valence-corrected chi connectivity index (χ3v) is 2.07. The number of anilines is 1. The number of nitrogen functional groups attached to an aromatic ring is 1. The average Bonchev–Trinajstić information content (AvgIpc) is 2.41. The fourth-order valence-corrected chi connectivity index (χ4v) is 1.49. The molecule has 0 saturated carbocycles. The standard InChI is InChI=1S/C7H11N3/c1-5-7(8)6-3-2-4-10(6)9-5/h2-4,8H2,1H3. The SMILES string of the molecule is Cc1nn2c(c1N)CCC2. The van der Waals surface area contributed by atoms with Crippen molar-refractivity contribution in [3.63, 3.8) is 0 Å². The second-order valence-corrected chi connectivity index (χ2v) is 2.77. The van der Waals surface area contributed by atoms with Crippen molar-refractivity contribution in [3.05, 3.63) is 11.4 Å². The van der Waals surface area contributed by atoms with Crippen molar-refractivity contribution in [2.75, 3.05) is 5.73 Å². The summed E-state index contributed by atoms with van der Waals surface area (Å²) in [6.07, 6.45) is 2.31. The van der Waals surface area contributed by atoms with Crippen molar-refractivity contribution >= 4 is 5.69 Å². The van der Waals surface area contributed by atoms with Gasteiger partial charge in [-0.15, -0.1) is 0 Å². The van der Waals surface area contributed by atoms with Gasteiger partial charge in [0.15, 0.2) is 0 Å². The number of aromatic nitrogens is 2. The first kappa shape index (κ1) is 5.77. The first-order valence-electron chi connectivity index (χ1n) is 3.61. The highest BCUT2D eigenvalue weighted by atomic mass is 15.3. The molecular formula is C7H11N3. The van der Waals surface area contributed by atoms with E-state index >= 15 is 0 Å². The molecule has 0 fully saturated rings. The summed E-state index contributed by atoms with van der Waals surface area (Å²) in [5, 5.41) is 4.28. The Labute approximate surface area is 59.8 Å². The molecular weight excluding hydrogens is 126 g/mol. The van der Waals surface area contributed by atoms with E-state index in [9.17, 15) is 0 Å². The van der Waals surface area contributed by atoms with E-state index in [0.717, 1.165) is 24.3 Å². The zero-order chi connectivity index (χ0) is 7.14. The van der Waals surface area contributed by atoms with Gasteiger partial charge in [-0.3, -0.25) is 4.68 Å². The summed E-state index contributed by atoms with van der Waals surface area (Å²) in [4.78, 5) is 0. The third kappa shape index (κ3) is 0.574. The van der Waals surface area contributed by atoms with Crippen molar-refractivity contribution in [1.82, 2.24) is 9.78 Å². The van der Waals surface area contributed by atoms with Crippen molar-refractivity contribution in [1.29, 1.82) is 0 Å². The number of nitrogens with two attached hydrogens (primary N) is 1. The van der Waals surface area contributed by atoms with Crippen LogP contribution in [-0.2, 0) is 13.0 Å². The van der Waals surface area contributed by atoms with Crippen molar-refractivity contribution in [2.24, 2.45) is 0 Å². The Morgan fingerprint density at radius 3 is 3.10 bits per heavy atom. The van der Waals surface area contributed by atoms with Gasteiger partial charge in [0.25, 0.3) is 0 Å². The Hall–Kier alpha value is -0.990. The molecule has 1 aliphatic heterocycles. The second kappa shape index (κ2) is 1.75. The molecule has 0 radical (unpaired) electrons. The van der Waals surface area contributed by atoms with E-state index in [1.54, 1.807) is 0 Å². The highest BCUT2D eigenvalue weighted by Gasteiger charge is 2.16. The first-order chi connectivity index (χ1) is 4.79. The van der Waals surface area contributed by atoms with Gasteiger partial charge in [-0.2, -0.15) is 5.10 Å². The molecule has 0 atom stereocenters. The number of aryl methyl sites for hydroxylation is 2. The topological polar surface area (TPSA) is 43.8 Å². The summed E-state index contributed by atoms with van der Waals surface area (Å²) in [6, 6.07) is 0. The molecule has 3 nitrogen and oxygen atoms in total. The number of rotatable bonds is 0. The van der Waals surface area contributed by atoms with Crippen LogP contribution >= 0.6 is 0 Å². The summed E-state index contributed by atoms with van der Waals surface area (Å²) in [5.74, 6) is 0. The van der Waals surface area contributed by atoms with Crippen LogP contribution < -0.4 is 5.73 Å². The van der Waals surface area contributed by atoms with E-state index in [1.807, 2.05) is 11.6 Å². The lowest BCUT2D eigenvalue weighted by atomic mass is 10.2. The van der Waals surface area contributed by atoms with Gasteiger partial charge in [0.1, 0.15) is 0 Å². The molecule has 0 unspecified atom stereocenters. The summed E-state index contributed by atoms with van der Waals surface area (Å²) in [6.45, 7) is 3.01. The predicted molar refractivity (Wildman–Crippen MR) is 39.7 cm³/mol. The van der Waals surface area contributed by atoms with Crippen LogP contribution in [0, 0.1) is 6.92 Å². The molecule has 2 N–H and O–H groups in total. The second-order valence-electron chi connectivity index (χ2n) is 2.77. The maximum absolute atomic E-state index is 5.77. The third-order valence-electron chi connectivity index (χ3n) is 2.07. The van der Waals surface area contributed by atoms with Gasteiger partial charge in [-0.25, -0.2) is 0 Å². The monoisotopic (exact) mass is 137 g/mol. The molecule has 0 spiro atoms. The van der Waals surface area contributed by atoms with E-state index in [1.165, 1.54) is 12.1 Å². The molecule has 1 aromatic rings. The quantitative estimate of drug-likeness (QED) is 0.572. The van der Waals surface area contributed by atoms with E-state index in [4.69, 9.17) is 5.73 Å². The maximum Gasteiger partial charge on any atom is 0.0826 e. The van der Waals surface area contributed by atoms with E-state index in [2.05, 4.69) is 5.10 Å².